The van der Waals surface area contributed by atoms with Crippen LogP contribution in [0.1, 0.15) is 84.9 Å². The van der Waals surface area contributed by atoms with Crippen molar-refractivity contribution in [3.63, 3.8) is 0 Å². The van der Waals surface area contributed by atoms with Gasteiger partial charge in [0, 0.05) is 35.5 Å². The van der Waals surface area contributed by atoms with Crippen LogP contribution in [-0.4, -0.2) is 40.4 Å². The van der Waals surface area contributed by atoms with Crippen LogP contribution in [-0.2, 0) is 11.3 Å². The van der Waals surface area contributed by atoms with E-state index in [1.165, 1.54) is 4.90 Å². The second kappa shape index (κ2) is 12.2. The molecular formula is C32H38N4O4U. The molecule has 0 bridgehead atoms. The van der Waals surface area contributed by atoms with Crippen LogP contribution in [0.15, 0.2) is 40.8 Å². The molecule has 0 saturated heterocycles. The molecule has 0 radical (unpaired) electrons. The fraction of sp³-hybridized carbons (Fsp3) is 0.438. The summed E-state index contributed by atoms with van der Waals surface area (Å²) in [5, 5.41) is 9.90. The summed E-state index contributed by atoms with van der Waals surface area (Å²) in [5.74, 6) is -0.759. The van der Waals surface area contributed by atoms with Crippen LogP contribution in [0.25, 0.3) is 11.0 Å². The average Bonchev–Trinajstić information content (AvgIpc) is 3.67. The molecule has 2 heterocycles. The number of rotatable bonds is 6. The van der Waals surface area contributed by atoms with Gasteiger partial charge in [-0.2, -0.15) is 0 Å². The Labute approximate surface area is 265 Å². The summed E-state index contributed by atoms with van der Waals surface area (Å²) in [5.41, 5.74) is 1.87. The van der Waals surface area contributed by atoms with E-state index in [0.29, 0.717) is 35.5 Å². The molecule has 3 amide bonds. The monoisotopic (exact) mass is 780 g/mol. The predicted molar refractivity (Wildman–Crippen MR) is 155 cm³/mol. The maximum atomic E-state index is 13.9. The third-order valence-electron chi connectivity index (χ3n) is 8.17. The molecule has 6 rings (SSSR count). The van der Waals surface area contributed by atoms with Crippen molar-refractivity contribution in [1.29, 1.82) is 0 Å². The molecule has 2 aliphatic carbocycles. The molecule has 1 unspecified atom stereocenters. The van der Waals surface area contributed by atoms with E-state index in [4.69, 9.17) is 4.42 Å². The van der Waals surface area contributed by atoms with Crippen LogP contribution in [0.5, 0.6) is 0 Å². The quantitative estimate of drug-likeness (QED) is 0.293. The van der Waals surface area contributed by atoms with Gasteiger partial charge >= 0.3 is 31.1 Å². The van der Waals surface area contributed by atoms with Gasteiger partial charge in [-0.25, -0.2) is 0 Å². The van der Waals surface area contributed by atoms with Crippen LogP contribution in [0.3, 0.4) is 0 Å². The number of nitrogens with zero attached hydrogens (tertiary/aromatic N) is 1. The predicted octanol–water partition coefficient (Wildman–Crippen LogP) is 5.36. The van der Waals surface area contributed by atoms with E-state index in [1.54, 1.807) is 18.2 Å². The third-order valence-corrected chi connectivity index (χ3v) is 8.17. The Bertz CT molecular complexity index is 1460. The van der Waals surface area contributed by atoms with Crippen LogP contribution in [0.2, 0.25) is 0 Å². The van der Waals surface area contributed by atoms with Crippen molar-refractivity contribution in [2.45, 2.75) is 77.5 Å². The zero-order chi connectivity index (χ0) is 28.7. The number of carbonyl (C=O) groups is 3. The van der Waals surface area contributed by atoms with Crippen molar-refractivity contribution < 1.29 is 49.9 Å². The summed E-state index contributed by atoms with van der Waals surface area (Å²) in [4.78, 5) is 41.6. The van der Waals surface area contributed by atoms with Gasteiger partial charge in [-0.1, -0.05) is 38.1 Å². The molecule has 1 aromatic heterocycles. The van der Waals surface area contributed by atoms with Gasteiger partial charge in [-0.05, 0) is 75.1 Å². The summed E-state index contributed by atoms with van der Waals surface area (Å²) in [6.45, 7) is 13.0. The Morgan fingerprint density at radius 1 is 1.20 bits per heavy atom. The number of benzene rings is 2. The minimum atomic E-state index is -1.57. The molecule has 214 valence electrons. The van der Waals surface area contributed by atoms with Gasteiger partial charge < -0.3 is 30.1 Å². The number of carbonyl (C=O) groups excluding carboxylic acids is 3. The molecule has 2 aromatic carbocycles. The first-order valence-electron chi connectivity index (χ1n) is 14.3. The number of amides is 3. The fourth-order valence-electron chi connectivity index (χ4n) is 5.32. The maximum Gasteiger partial charge on any atom is 2.00 e. The van der Waals surface area contributed by atoms with Gasteiger partial charge in [0.05, 0.1) is 11.4 Å². The summed E-state index contributed by atoms with van der Waals surface area (Å²) in [7, 11) is 0. The first-order chi connectivity index (χ1) is 19.1. The number of furan rings is 1. The minimum Gasteiger partial charge on any atom is -0.514 e. The zero-order valence-electron chi connectivity index (χ0n) is 24.3. The first-order valence-corrected chi connectivity index (χ1v) is 14.3. The largest absolute Gasteiger partial charge is 2.00 e. The normalized spacial score (nSPS) is 20.5. The first kappa shape index (κ1) is 31.2. The van der Waals surface area contributed by atoms with E-state index in [1.807, 2.05) is 45.9 Å². The molecule has 9 heteroatoms. The second-order valence-electron chi connectivity index (χ2n) is 11.3. The molecule has 1 aliphatic heterocycles. The van der Waals surface area contributed by atoms with Crippen molar-refractivity contribution in [2.75, 3.05) is 11.9 Å². The van der Waals surface area contributed by atoms with Crippen molar-refractivity contribution in [1.82, 2.24) is 15.5 Å². The van der Waals surface area contributed by atoms with Gasteiger partial charge in [-0.3, -0.25) is 16.5 Å². The van der Waals surface area contributed by atoms with Crippen LogP contribution in [0, 0.1) is 56.9 Å². The number of hydrogen-bond acceptors (Lipinski definition) is 5. The molecule has 2 fully saturated rings. The van der Waals surface area contributed by atoms with Gasteiger partial charge in [0.15, 0.2) is 0 Å². The number of fused-ring (bicyclic) bond motifs is 2. The fourth-order valence-corrected chi connectivity index (χ4v) is 5.32. The average molecular weight is 781 g/mol. The molecule has 2 saturated carbocycles. The Kier molecular flexibility index (Phi) is 9.30. The van der Waals surface area contributed by atoms with Crippen molar-refractivity contribution in [3.8, 4) is 0 Å². The Balaban J connectivity index is 0.00000126. The Morgan fingerprint density at radius 2 is 1.93 bits per heavy atom. The second-order valence-corrected chi connectivity index (χ2v) is 11.3. The van der Waals surface area contributed by atoms with Crippen molar-refractivity contribution in [3.05, 3.63) is 71.8 Å². The van der Waals surface area contributed by atoms with Crippen molar-refractivity contribution >= 4 is 34.4 Å². The summed E-state index contributed by atoms with van der Waals surface area (Å²) >= 11 is 0. The van der Waals surface area contributed by atoms with E-state index < -0.39 is 11.6 Å². The standard InChI is InChI=1S/C30H32N4O4.C2H6.U/c1-18-6-4-7-23-22(18)16-31-28(37)30(3,32-23)34(17-19-8-9-19)27(36)25-14-20-10-11-21(15-24(20)38-25)26(35)33-29(2)12-5-13-29;1-2;/h4,6-7,10-11,15,19,32H,3,5,8-9,12-13,16-17H2,1-2H3,(H,31,37)(H,33,35);1-2H3;/q-2;;+2. The number of aryl methyl sites for hydroxylation is 1. The molecule has 3 aliphatic rings. The van der Waals surface area contributed by atoms with Crippen molar-refractivity contribution in [2.24, 2.45) is 5.92 Å². The maximum absolute atomic E-state index is 13.9. The van der Waals surface area contributed by atoms with Crippen LogP contribution >= 0.6 is 0 Å². The van der Waals surface area contributed by atoms with E-state index in [2.05, 4.69) is 28.9 Å². The summed E-state index contributed by atoms with van der Waals surface area (Å²) < 4.78 is 5.95. The molecule has 0 spiro atoms. The van der Waals surface area contributed by atoms with Gasteiger partial charge in [0.1, 0.15) is 0 Å². The topological polar surface area (TPSA) is 104 Å². The molecule has 1 atom stereocenters. The van der Waals surface area contributed by atoms with E-state index in [0.717, 1.165) is 48.9 Å². The third kappa shape index (κ3) is 6.22. The number of hydrogen-bond donors (Lipinski definition) is 3. The Hall–Kier alpha value is -2.76. The molecule has 41 heavy (non-hydrogen) atoms. The van der Waals surface area contributed by atoms with Crippen LogP contribution < -0.4 is 16.0 Å². The molecular weight excluding hydrogens is 742 g/mol. The minimum absolute atomic E-state index is 0. The molecule has 8 nitrogen and oxygen atoms in total. The smallest absolute Gasteiger partial charge is 0.514 e. The Morgan fingerprint density at radius 3 is 2.59 bits per heavy atom. The number of nitrogens with one attached hydrogen (secondary N) is 3. The molecule has 3 N–H and O–H groups in total. The summed E-state index contributed by atoms with van der Waals surface area (Å²) in [6.07, 6.45) is 5.00. The van der Waals surface area contributed by atoms with E-state index >= 15 is 0 Å². The zero-order valence-corrected chi connectivity index (χ0v) is 28.4. The molecule has 3 aromatic rings. The van der Waals surface area contributed by atoms with Gasteiger partial charge in [0.2, 0.25) is 17.7 Å². The SMILES string of the molecule is CC.[CH2-]C1(N(CC2CC2)C(=O)c2[c-]c3ccc(C(=O)NC4(C)CCC4)cc3o2)Nc2cccc(C)c2CNC1=O.[U+2]. The number of anilines is 1. The van der Waals surface area contributed by atoms with E-state index in [-0.39, 0.29) is 54.2 Å². The summed E-state index contributed by atoms with van der Waals surface area (Å²) in [6, 6.07) is 13.9. The van der Waals surface area contributed by atoms with E-state index in [9.17, 15) is 14.4 Å². The van der Waals surface area contributed by atoms with Crippen LogP contribution in [0.4, 0.5) is 5.69 Å². The van der Waals surface area contributed by atoms with Gasteiger partial charge in [-0.15, -0.1) is 11.5 Å². The van der Waals surface area contributed by atoms with Gasteiger partial charge in [0.25, 0.3) is 0 Å².